The lowest BCUT2D eigenvalue weighted by Gasteiger charge is -2.22. The van der Waals surface area contributed by atoms with E-state index in [2.05, 4.69) is 21.0 Å². The number of ether oxygens (including phenoxy) is 2. The molecule has 6 heteroatoms. The standard InChI is InChI=1S/C17H19BrN2O3/c1-12(22-14-8-6-13(18)7-9-14)17(21)23-16-5-2-4-15(16)20-11-3-10-19-20/h3,6-12,15-16H,2,4-5H2,1H3/t12?,15-,16-/m1/s1. The van der Waals surface area contributed by atoms with E-state index in [1.807, 2.05) is 41.2 Å². The van der Waals surface area contributed by atoms with Gasteiger partial charge in [0.05, 0.1) is 6.04 Å². The minimum Gasteiger partial charge on any atom is -0.479 e. The van der Waals surface area contributed by atoms with Crippen molar-refractivity contribution in [3.05, 3.63) is 47.2 Å². The number of benzene rings is 1. The molecule has 0 aliphatic heterocycles. The van der Waals surface area contributed by atoms with Gasteiger partial charge in [0.15, 0.2) is 6.10 Å². The third-order valence-corrected chi connectivity index (χ3v) is 4.54. The molecule has 0 radical (unpaired) electrons. The van der Waals surface area contributed by atoms with Gasteiger partial charge < -0.3 is 9.47 Å². The van der Waals surface area contributed by atoms with Gasteiger partial charge in [-0.15, -0.1) is 0 Å². The Balaban J connectivity index is 1.58. The number of hydrogen-bond donors (Lipinski definition) is 0. The average molecular weight is 379 g/mol. The van der Waals surface area contributed by atoms with E-state index in [1.54, 1.807) is 13.1 Å². The maximum Gasteiger partial charge on any atom is 0.347 e. The van der Waals surface area contributed by atoms with E-state index >= 15 is 0 Å². The lowest BCUT2D eigenvalue weighted by molar-refractivity contribution is -0.158. The summed E-state index contributed by atoms with van der Waals surface area (Å²) in [6.45, 7) is 1.71. The number of halogens is 1. The van der Waals surface area contributed by atoms with Crippen molar-refractivity contribution in [2.24, 2.45) is 0 Å². The zero-order valence-corrected chi connectivity index (χ0v) is 14.5. The van der Waals surface area contributed by atoms with Crippen LogP contribution in [-0.4, -0.2) is 28.0 Å². The maximum atomic E-state index is 12.3. The molecule has 1 fully saturated rings. The molecular weight excluding hydrogens is 360 g/mol. The highest BCUT2D eigenvalue weighted by Crippen LogP contribution is 2.32. The highest BCUT2D eigenvalue weighted by molar-refractivity contribution is 9.10. The molecule has 1 saturated carbocycles. The molecule has 122 valence electrons. The predicted molar refractivity (Wildman–Crippen MR) is 89.2 cm³/mol. The van der Waals surface area contributed by atoms with Gasteiger partial charge in [0.2, 0.25) is 0 Å². The molecule has 1 aromatic heterocycles. The Hall–Kier alpha value is -1.82. The van der Waals surface area contributed by atoms with Crippen molar-refractivity contribution >= 4 is 21.9 Å². The van der Waals surface area contributed by atoms with Crippen molar-refractivity contribution in [2.75, 3.05) is 0 Å². The summed E-state index contributed by atoms with van der Waals surface area (Å²) in [5.41, 5.74) is 0. The van der Waals surface area contributed by atoms with Gasteiger partial charge in [-0.1, -0.05) is 15.9 Å². The Labute approximate surface area is 143 Å². The molecule has 2 aromatic rings. The molecule has 1 unspecified atom stereocenters. The third-order valence-electron chi connectivity index (χ3n) is 4.01. The van der Waals surface area contributed by atoms with Crippen LogP contribution in [-0.2, 0) is 9.53 Å². The van der Waals surface area contributed by atoms with Crippen LogP contribution in [0.15, 0.2) is 47.2 Å². The Morgan fingerprint density at radius 3 is 2.83 bits per heavy atom. The highest BCUT2D eigenvalue weighted by atomic mass is 79.9. The molecule has 5 nitrogen and oxygen atoms in total. The smallest absolute Gasteiger partial charge is 0.347 e. The molecule has 0 spiro atoms. The van der Waals surface area contributed by atoms with Gasteiger partial charge in [-0.25, -0.2) is 4.79 Å². The van der Waals surface area contributed by atoms with Crippen LogP contribution in [0.25, 0.3) is 0 Å². The van der Waals surface area contributed by atoms with Crippen LogP contribution < -0.4 is 4.74 Å². The monoisotopic (exact) mass is 378 g/mol. The molecule has 0 bridgehead atoms. The minimum atomic E-state index is -0.643. The van der Waals surface area contributed by atoms with Crippen LogP contribution in [0.3, 0.4) is 0 Å². The van der Waals surface area contributed by atoms with Crippen molar-refractivity contribution in [1.29, 1.82) is 0 Å². The van der Waals surface area contributed by atoms with Gasteiger partial charge in [-0.3, -0.25) is 4.68 Å². The minimum absolute atomic E-state index is 0.119. The number of aromatic nitrogens is 2. The number of carbonyl (C=O) groups is 1. The van der Waals surface area contributed by atoms with Crippen molar-refractivity contribution in [1.82, 2.24) is 9.78 Å². The van der Waals surface area contributed by atoms with Crippen molar-refractivity contribution in [3.8, 4) is 5.75 Å². The van der Waals surface area contributed by atoms with Gasteiger partial charge in [0, 0.05) is 16.9 Å². The SMILES string of the molecule is CC(Oc1ccc(Br)cc1)C(=O)O[C@@H]1CCC[C@H]1n1cccn1. The maximum absolute atomic E-state index is 12.3. The quantitative estimate of drug-likeness (QED) is 0.743. The van der Waals surface area contributed by atoms with E-state index in [1.165, 1.54) is 0 Å². The van der Waals surface area contributed by atoms with E-state index < -0.39 is 6.10 Å². The molecule has 3 rings (SSSR count). The zero-order chi connectivity index (χ0) is 16.2. The fourth-order valence-corrected chi connectivity index (χ4v) is 3.10. The number of carbonyl (C=O) groups excluding carboxylic acids is 1. The summed E-state index contributed by atoms with van der Waals surface area (Å²) in [5, 5.41) is 4.27. The second-order valence-corrected chi connectivity index (χ2v) is 6.59. The summed E-state index contributed by atoms with van der Waals surface area (Å²) in [4.78, 5) is 12.3. The molecule has 0 saturated heterocycles. The first kappa shape index (κ1) is 16.1. The van der Waals surface area contributed by atoms with Gasteiger partial charge in [-0.05, 0) is 56.5 Å². The number of esters is 1. The van der Waals surface area contributed by atoms with Crippen LogP contribution in [0, 0.1) is 0 Å². The molecular formula is C17H19BrN2O3. The average Bonchev–Trinajstić information content (AvgIpc) is 3.20. The van der Waals surface area contributed by atoms with Crippen molar-refractivity contribution < 1.29 is 14.3 Å². The van der Waals surface area contributed by atoms with E-state index in [-0.39, 0.29) is 18.1 Å². The molecule has 1 aliphatic rings. The first-order valence-electron chi connectivity index (χ1n) is 7.75. The highest BCUT2D eigenvalue weighted by Gasteiger charge is 2.33. The largest absolute Gasteiger partial charge is 0.479 e. The lowest BCUT2D eigenvalue weighted by atomic mass is 10.2. The number of nitrogens with zero attached hydrogens (tertiary/aromatic N) is 2. The molecule has 1 aliphatic carbocycles. The molecule has 1 aromatic carbocycles. The summed E-state index contributed by atoms with van der Waals surface area (Å²) in [6, 6.07) is 9.38. The summed E-state index contributed by atoms with van der Waals surface area (Å²) in [6.07, 6.45) is 5.75. The Morgan fingerprint density at radius 2 is 2.13 bits per heavy atom. The van der Waals surface area contributed by atoms with E-state index in [4.69, 9.17) is 9.47 Å². The first-order valence-corrected chi connectivity index (χ1v) is 8.54. The second kappa shape index (κ2) is 7.17. The van der Waals surface area contributed by atoms with Crippen LogP contribution in [0.4, 0.5) is 0 Å². The topological polar surface area (TPSA) is 53.4 Å². The fourth-order valence-electron chi connectivity index (χ4n) is 2.83. The Kier molecular flexibility index (Phi) is 5.00. The van der Waals surface area contributed by atoms with Crippen LogP contribution in [0.1, 0.15) is 32.2 Å². The third kappa shape index (κ3) is 3.93. The molecule has 23 heavy (non-hydrogen) atoms. The Morgan fingerprint density at radius 1 is 1.35 bits per heavy atom. The predicted octanol–water partition coefficient (Wildman–Crippen LogP) is 3.75. The molecule has 3 atom stereocenters. The van der Waals surface area contributed by atoms with Crippen LogP contribution in [0.2, 0.25) is 0 Å². The van der Waals surface area contributed by atoms with E-state index in [9.17, 15) is 4.79 Å². The van der Waals surface area contributed by atoms with Gasteiger partial charge >= 0.3 is 5.97 Å². The van der Waals surface area contributed by atoms with E-state index in [0.29, 0.717) is 5.75 Å². The van der Waals surface area contributed by atoms with Gasteiger partial charge in [0.25, 0.3) is 0 Å². The summed E-state index contributed by atoms with van der Waals surface area (Å²) in [5.74, 6) is 0.310. The van der Waals surface area contributed by atoms with Crippen LogP contribution in [0.5, 0.6) is 5.75 Å². The molecule has 0 N–H and O–H groups in total. The Bertz CT molecular complexity index is 642. The van der Waals surface area contributed by atoms with Crippen molar-refractivity contribution in [3.63, 3.8) is 0 Å². The van der Waals surface area contributed by atoms with Crippen LogP contribution >= 0.6 is 15.9 Å². The summed E-state index contributed by atoms with van der Waals surface area (Å²) < 4.78 is 14.2. The normalized spacial score (nSPS) is 21.8. The first-order chi connectivity index (χ1) is 11.1. The number of hydrogen-bond acceptors (Lipinski definition) is 4. The molecule has 1 heterocycles. The van der Waals surface area contributed by atoms with Gasteiger partial charge in [0.1, 0.15) is 11.9 Å². The van der Waals surface area contributed by atoms with E-state index in [0.717, 1.165) is 23.7 Å². The number of rotatable bonds is 5. The zero-order valence-electron chi connectivity index (χ0n) is 12.9. The second-order valence-electron chi connectivity index (χ2n) is 5.67. The summed E-state index contributed by atoms with van der Waals surface area (Å²) in [7, 11) is 0. The summed E-state index contributed by atoms with van der Waals surface area (Å²) >= 11 is 3.37. The molecule has 0 amide bonds. The fraction of sp³-hybridized carbons (Fsp3) is 0.412. The van der Waals surface area contributed by atoms with Crippen molar-refractivity contribution in [2.45, 2.75) is 44.4 Å². The lowest BCUT2D eigenvalue weighted by Crippen LogP contribution is -2.32. The van der Waals surface area contributed by atoms with Gasteiger partial charge in [-0.2, -0.15) is 5.10 Å².